The minimum Gasteiger partial charge on any atom is -0.472 e. The molecule has 0 bridgehead atoms. The maximum absolute atomic E-state index is 5.02. The summed E-state index contributed by atoms with van der Waals surface area (Å²) in [6.45, 7) is 4.22. The summed E-state index contributed by atoms with van der Waals surface area (Å²) in [6, 6.07) is 6.32. The summed E-state index contributed by atoms with van der Waals surface area (Å²) in [6.07, 6.45) is 4.67. The van der Waals surface area contributed by atoms with Crippen molar-refractivity contribution in [2.45, 2.75) is 19.9 Å². The zero-order valence-corrected chi connectivity index (χ0v) is 10.3. The molecule has 0 amide bonds. The molecular weight excluding hydrogens is 218 g/mol. The van der Waals surface area contributed by atoms with E-state index in [-0.39, 0.29) is 0 Å². The average Bonchev–Trinajstić information content (AvgIpc) is 2.90. The molecule has 2 heterocycles. The third-order valence-corrected chi connectivity index (χ3v) is 3.43. The van der Waals surface area contributed by atoms with E-state index in [2.05, 4.69) is 29.8 Å². The first-order valence-corrected chi connectivity index (χ1v) is 6.46. The average molecular weight is 235 g/mol. The SMILES string of the molecule is CC(CNCc1ccoc1)Cc1cccs1. The van der Waals surface area contributed by atoms with Gasteiger partial charge in [0.15, 0.2) is 0 Å². The third kappa shape index (κ3) is 3.51. The molecule has 0 saturated heterocycles. The van der Waals surface area contributed by atoms with Crippen molar-refractivity contribution in [3.05, 3.63) is 46.5 Å². The number of rotatable bonds is 6. The van der Waals surface area contributed by atoms with E-state index in [1.165, 1.54) is 10.4 Å². The molecular formula is C13H17NOS. The van der Waals surface area contributed by atoms with Crippen LogP contribution in [0.3, 0.4) is 0 Å². The minimum atomic E-state index is 0.672. The molecule has 16 heavy (non-hydrogen) atoms. The Bertz CT molecular complexity index is 380. The Balaban J connectivity index is 1.66. The zero-order valence-electron chi connectivity index (χ0n) is 9.48. The van der Waals surface area contributed by atoms with Crippen molar-refractivity contribution in [3.63, 3.8) is 0 Å². The standard InChI is InChI=1S/C13H17NOS/c1-11(7-13-3-2-6-16-13)8-14-9-12-4-5-15-10-12/h2-6,10-11,14H,7-9H2,1H3. The Morgan fingerprint density at radius 1 is 1.44 bits per heavy atom. The number of thiophene rings is 1. The molecule has 0 spiro atoms. The highest BCUT2D eigenvalue weighted by Crippen LogP contribution is 2.13. The van der Waals surface area contributed by atoms with Crippen LogP contribution in [-0.2, 0) is 13.0 Å². The summed E-state index contributed by atoms with van der Waals surface area (Å²) in [7, 11) is 0. The van der Waals surface area contributed by atoms with E-state index >= 15 is 0 Å². The van der Waals surface area contributed by atoms with Crippen LogP contribution in [0.2, 0.25) is 0 Å². The van der Waals surface area contributed by atoms with Crippen LogP contribution in [-0.4, -0.2) is 6.54 Å². The summed E-state index contributed by atoms with van der Waals surface area (Å²) in [5.74, 6) is 0.672. The molecule has 0 aliphatic carbocycles. The quantitative estimate of drug-likeness (QED) is 0.831. The van der Waals surface area contributed by atoms with Gasteiger partial charge in [0.2, 0.25) is 0 Å². The molecule has 2 nitrogen and oxygen atoms in total. The normalized spacial score (nSPS) is 12.8. The van der Waals surface area contributed by atoms with E-state index in [4.69, 9.17) is 4.42 Å². The maximum atomic E-state index is 5.02. The van der Waals surface area contributed by atoms with Crippen molar-refractivity contribution in [3.8, 4) is 0 Å². The first kappa shape index (κ1) is 11.4. The summed E-state index contributed by atoms with van der Waals surface area (Å²) in [5, 5.41) is 5.58. The lowest BCUT2D eigenvalue weighted by atomic mass is 10.1. The highest BCUT2D eigenvalue weighted by molar-refractivity contribution is 7.09. The monoisotopic (exact) mass is 235 g/mol. The van der Waals surface area contributed by atoms with Crippen molar-refractivity contribution in [1.29, 1.82) is 0 Å². The van der Waals surface area contributed by atoms with Crippen LogP contribution in [0.1, 0.15) is 17.4 Å². The van der Waals surface area contributed by atoms with Gasteiger partial charge in [-0.05, 0) is 36.4 Å². The fourth-order valence-corrected chi connectivity index (χ4v) is 2.57. The Hall–Kier alpha value is -1.06. The van der Waals surface area contributed by atoms with Crippen LogP contribution in [0.4, 0.5) is 0 Å². The lowest BCUT2D eigenvalue weighted by Crippen LogP contribution is -2.21. The van der Waals surface area contributed by atoms with Crippen LogP contribution >= 0.6 is 11.3 Å². The Morgan fingerprint density at radius 2 is 2.38 bits per heavy atom. The molecule has 1 atom stereocenters. The lowest BCUT2D eigenvalue weighted by Gasteiger charge is -2.10. The molecule has 1 unspecified atom stereocenters. The van der Waals surface area contributed by atoms with Crippen molar-refractivity contribution >= 4 is 11.3 Å². The molecule has 0 saturated carbocycles. The topological polar surface area (TPSA) is 25.2 Å². The van der Waals surface area contributed by atoms with Crippen molar-refractivity contribution in [2.24, 2.45) is 5.92 Å². The van der Waals surface area contributed by atoms with Gasteiger partial charge in [-0.2, -0.15) is 0 Å². The van der Waals surface area contributed by atoms with Gasteiger partial charge < -0.3 is 9.73 Å². The molecule has 0 aliphatic heterocycles. The Morgan fingerprint density at radius 3 is 3.06 bits per heavy atom. The molecule has 1 N–H and O–H groups in total. The minimum absolute atomic E-state index is 0.672. The van der Waals surface area contributed by atoms with Crippen LogP contribution < -0.4 is 5.32 Å². The number of nitrogens with one attached hydrogen (secondary N) is 1. The van der Waals surface area contributed by atoms with Crippen molar-refractivity contribution in [2.75, 3.05) is 6.54 Å². The van der Waals surface area contributed by atoms with Gasteiger partial charge in [0.25, 0.3) is 0 Å². The van der Waals surface area contributed by atoms with Gasteiger partial charge in [-0.15, -0.1) is 11.3 Å². The van der Waals surface area contributed by atoms with Gasteiger partial charge in [-0.1, -0.05) is 13.0 Å². The zero-order chi connectivity index (χ0) is 11.2. The highest BCUT2D eigenvalue weighted by atomic mass is 32.1. The van der Waals surface area contributed by atoms with Crippen molar-refractivity contribution in [1.82, 2.24) is 5.32 Å². The second kappa shape index (κ2) is 5.87. The van der Waals surface area contributed by atoms with Crippen LogP contribution in [0, 0.1) is 5.92 Å². The lowest BCUT2D eigenvalue weighted by molar-refractivity contribution is 0.509. The Kier molecular flexibility index (Phi) is 4.19. The van der Waals surface area contributed by atoms with Gasteiger partial charge in [0.05, 0.1) is 12.5 Å². The number of hydrogen-bond donors (Lipinski definition) is 1. The summed E-state index contributed by atoms with van der Waals surface area (Å²) in [4.78, 5) is 1.47. The third-order valence-electron chi connectivity index (χ3n) is 2.53. The van der Waals surface area contributed by atoms with E-state index in [9.17, 15) is 0 Å². The molecule has 2 rings (SSSR count). The largest absolute Gasteiger partial charge is 0.472 e. The fraction of sp³-hybridized carbons (Fsp3) is 0.385. The first-order valence-electron chi connectivity index (χ1n) is 5.59. The van der Waals surface area contributed by atoms with Gasteiger partial charge in [-0.3, -0.25) is 0 Å². The van der Waals surface area contributed by atoms with E-state index < -0.39 is 0 Å². The molecule has 0 fully saturated rings. The van der Waals surface area contributed by atoms with Crippen LogP contribution in [0.15, 0.2) is 40.5 Å². The molecule has 0 aromatic carbocycles. The summed E-state index contributed by atoms with van der Waals surface area (Å²) in [5.41, 5.74) is 1.21. The fourth-order valence-electron chi connectivity index (χ4n) is 1.70. The van der Waals surface area contributed by atoms with Crippen molar-refractivity contribution < 1.29 is 4.42 Å². The van der Waals surface area contributed by atoms with Gasteiger partial charge in [-0.25, -0.2) is 0 Å². The number of furan rings is 1. The van der Waals surface area contributed by atoms with Gasteiger partial charge >= 0.3 is 0 Å². The second-order valence-electron chi connectivity index (χ2n) is 4.15. The predicted octanol–water partition coefficient (Wildman–Crippen LogP) is 3.31. The molecule has 2 aromatic rings. The smallest absolute Gasteiger partial charge is 0.0947 e. The van der Waals surface area contributed by atoms with Gasteiger partial charge in [0.1, 0.15) is 0 Å². The van der Waals surface area contributed by atoms with Crippen LogP contribution in [0.25, 0.3) is 0 Å². The molecule has 3 heteroatoms. The Labute approximate surface area is 100 Å². The summed E-state index contributed by atoms with van der Waals surface area (Å²) >= 11 is 1.84. The predicted molar refractivity (Wildman–Crippen MR) is 67.6 cm³/mol. The van der Waals surface area contributed by atoms with Crippen LogP contribution in [0.5, 0.6) is 0 Å². The van der Waals surface area contributed by atoms with E-state index in [0.717, 1.165) is 19.5 Å². The van der Waals surface area contributed by atoms with E-state index in [1.54, 1.807) is 12.5 Å². The molecule has 0 aliphatic rings. The maximum Gasteiger partial charge on any atom is 0.0947 e. The van der Waals surface area contributed by atoms with E-state index in [1.807, 2.05) is 17.4 Å². The van der Waals surface area contributed by atoms with E-state index in [0.29, 0.717) is 5.92 Å². The first-order chi connectivity index (χ1) is 7.84. The van der Waals surface area contributed by atoms with Gasteiger partial charge in [0, 0.05) is 17.0 Å². The summed E-state index contributed by atoms with van der Waals surface area (Å²) < 4.78 is 5.02. The molecule has 86 valence electrons. The molecule has 2 aromatic heterocycles. The number of hydrogen-bond acceptors (Lipinski definition) is 3. The highest BCUT2D eigenvalue weighted by Gasteiger charge is 2.04. The molecule has 0 radical (unpaired) electrons. The second-order valence-corrected chi connectivity index (χ2v) is 5.18.